The quantitative estimate of drug-likeness (QED) is 0.848. The first-order valence-electron chi connectivity index (χ1n) is 8.22. The van der Waals surface area contributed by atoms with Crippen LogP contribution in [0.5, 0.6) is 0 Å². The van der Waals surface area contributed by atoms with Crippen LogP contribution in [0.1, 0.15) is 22.8 Å². The average molecular weight is 380 g/mol. The van der Waals surface area contributed by atoms with Crippen LogP contribution in [0.2, 0.25) is 5.02 Å². The monoisotopic (exact) mass is 379 g/mol. The molecule has 1 atom stereocenters. The van der Waals surface area contributed by atoms with Crippen LogP contribution >= 0.6 is 24.0 Å². The first kappa shape index (κ1) is 19.7. The summed E-state index contributed by atoms with van der Waals surface area (Å²) in [6, 6.07) is 15.5. The second-order valence-electron chi connectivity index (χ2n) is 6.25. The van der Waals surface area contributed by atoms with Gasteiger partial charge in [-0.1, -0.05) is 23.7 Å². The molecule has 0 saturated carbocycles. The topological polar surface area (TPSA) is 44.4 Å². The molecule has 0 unspecified atom stereocenters. The fourth-order valence-corrected chi connectivity index (χ4v) is 3.09. The van der Waals surface area contributed by atoms with E-state index in [0.717, 1.165) is 31.9 Å². The lowest BCUT2D eigenvalue weighted by atomic mass is 10.1. The summed E-state index contributed by atoms with van der Waals surface area (Å²) in [5.74, 6) is -0.125. The van der Waals surface area contributed by atoms with E-state index in [9.17, 15) is 4.79 Å². The molecule has 134 valence electrons. The molecule has 2 aromatic carbocycles. The van der Waals surface area contributed by atoms with Crippen molar-refractivity contribution in [2.75, 3.05) is 25.0 Å². The second-order valence-corrected chi connectivity index (χ2v) is 6.69. The highest BCUT2D eigenvalue weighted by molar-refractivity contribution is 6.30. The van der Waals surface area contributed by atoms with Crippen molar-refractivity contribution in [3.63, 3.8) is 0 Å². The highest BCUT2D eigenvalue weighted by atomic mass is 35.5. The van der Waals surface area contributed by atoms with Crippen molar-refractivity contribution >= 4 is 35.6 Å². The zero-order valence-electron chi connectivity index (χ0n) is 14.2. The fourth-order valence-electron chi connectivity index (χ4n) is 2.97. The van der Waals surface area contributed by atoms with Crippen molar-refractivity contribution in [1.29, 1.82) is 0 Å². The molecule has 1 aliphatic rings. The Balaban J connectivity index is 0.00000225. The fraction of sp³-hybridized carbons (Fsp3) is 0.316. The van der Waals surface area contributed by atoms with E-state index in [0.29, 0.717) is 16.6 Å². The van der Waals surface area contributed by atoms with Crippen molar-refractivity contribution in [2.45, 2.75) is 19.5 Å². The number of hydrogen-bond acceptors (Lipinski definition) is 3. The first-order valence-corrected chi connectivity index (χ1v) is 8.59. The predicted molar refractivity (Wildman–Crippen MR) is 106 cm³/mol. The third kappa shape index (κ3) is 5.72. The molecule has 6 heteroatoms. The minimum absolute atomic E-state index is 0. The maximum atomic E-state index is 12.3. The van der Waals surface area contributed by atoms with Crippen molar-refractivity contribution < 1.29 is 4.79 Å². The molecule has 25 heavy (non-hydrogen) atoms. The Kier molecular flexibility index (Phi) is 7.26. The highest BCUT2D eigenvalue weighted by Gasteiger charge is 2.15. The van der Waals surface area contributed by atoms with Gasteiger partial charge in [0.1, 0.15) is 0 Å². The zero-order valence-corrected chi connectivity index (χ0v) is 15.7. The smallest absolute Gasteiger partial charge is 0.255 e. The molecule has 0 spiro atoms. The minimum Gasteiger partial charge on any atom is -0.322 e. The van der Waals surface area contributed by atoms with E-state index in [-0.39, 0.29) is 18.3 Å². The van der Waals surface area contributed by atoms with Gasteiger partial charge in [-0.15, -0.1) is 12.4 Å². The number of halogens is 2. The van der Waals surface area contributed by atoms with E-state index in [1.165, 1.54) is 5.56 Å². The molecule has 4 nitrogen and oxygen atoms in total. The third-order valence-electron chi connectivity index (χ3n) is 4.15. The SMILES string of the molecule is C[C@@H]1CN(Cc2cccc(NC(=O)c3ccc(Cl)cc3)c2)CCN1.Cl. The summed E-state index contributed by atoms with van der Waals surface area (Å²) in [5.41, 5.74) is 2.62. The van der Waals surface area contributed by atoms with Gasteiger partial charge in [0.05, 0.1) is 0 Å². The van der Waals surface area contributed by atoms with Crippen molar-refractivity contribution in [3.8, 4) is 0 Å². The molecule has 1 heterocycles. The molecule has 3 rings (SSSR count). The van der Waals surface area contributed by atoms with Crippen molar-refractivity contribution in [1.82, 2.24) is 10.2 Å². The van der Waals surface area contributed by atoms with Crippen LogP contribution in [0.3, 0.4) is 0 Å². The summed E-state index contributed by atoms with van der Waals surface area (Å²) >= 11 is 5.86. The average Bonchev–Trinajstić information content (AvgIpc) is 2.56. The summed E-state index contributed by atoms with van der Waals surface area (Å²) in [4.78, 5) is 14.7. The van der Waals surface area contributed by atoms with Crippen LogP contribution in [0.4, 0.5) is 5.69 Å². The summed E-state index contributed by atoms with van der Waals surface area (Å²) in [7, 11) is 0. The number of nitrogens with zero attached hydrogens (tertiary/aromatic N) is 1. The van der Waals surface area contributed by atoms with Crippen LogP contribution < -0.4 is 10.6 Å². The zero-order chi connectivity index (χ0) is 16.9. The maximum Gasteiger partial charge on any atom is 0.255 e. The van der Waals surface area contributed by atoms with Gasteiger partial charge in [0.25, 0.3) is 5.91 Å². The van der Waals surface area contributed by atoms with E-state index >= 15 is 0 Å². The van der Waals surface area contributed by atoms with Crippen LogP contribution in [0.25, 0.3) is 0 Å². The van der Waals surface area contributed by atoms with Gasteiger partial charge in [-0.3, -0.25) is 9.69 Å². The van der Waals surface area contributed by atoms with Crippen LogP contribution in [0, 0.1) is 0 Å². The lowest BCUT2D eigenvalue weighted by Crippen LogP contribution is -2.48. The van der Waals surface area contributed by atoms with Crippen molar-refractivity contribution in [3.05, 3.63) is 64.7 Å². The van der Waals surface area contributed by atoms with E-state index < -0.39 is 0 Å². The normalized spacial score (nSPS) is 17.6. The highest BCUT2D eigenvalue weighted by Crippen LogP contribution is 2.16. The van der Waals surface area contributed by atoms with Gasteiger partial charge in [-0.25, -0.2) is 0 Å². The largest absolute Gasteiger partial charge is 0.322 e. The van der Waals surface area contributed by atoms with E-state index in [4.69, 9.17) is 11.6 Å². The minimum atomic E-state index is -0.125. The standard InChI is InChI=1S/C19H22ClN3O.ClH/c1-14-12-23(10-9-21-14)13-15-3-2-4-18(11-15)22-19(24)16-5-7-17(20)8-6-16;/h2-8,11,14,21H,9-10,12-13H2,1H3,(H,22,24);1H/t14-;/m1./s1. The molecule has 2 aromatic rings. The van der Waals surface area contributed by atoms with Gasteiger partial charge in [0, 0.05) is 48.5 Å². The summed E-state index contributed by atoms with van der Waals surface area (Å²) in [6.07, 6.45) is 0. The molecular formula is C19H23Cl2N3O. The number of nitrogens with one attached hydrogen (secondary N) is 2. The number of benzene rings is 2. The Hall–Kier alpha value is -1.59. The van der Waals surface area contributed by atoms with E-state index in [2.05, 4.69) is 28.5 Å². The number of piperazine rings is 1. The Morgan fingerprint density at radius 3 is 2.76 bits per heavy atom. The summed E-state index contributed by atoms with van der Waals surface area (Å²) in [5, 5.41) is 7.02. The number of anilines is 1. The van der Waals surface area contributed by atoms with Gasteiger partial charge >= 0.3 is 0 Å². The van der Waals surface area contributed by atoms with E-state index in [1.807, 2.05) is 18.2 Å². The van der Waals surface area contributed by atoms with E-state index in [1.54, 1.807) is 24.3 Å². The predicted octanol–water partition coefficient (Wildman–Crippen LogP) is 3.81. The summed E-state index contributed by atoms with van der Waals surface area (Å²) < 4.78 is 0. The molecule has 0 aromatic heterocycles. The molecule has 0 radical (unpaired) electrons. The lowest BCUT2D eigenvalue weighted by molar-refractivity contribution is 0.102. The van der Waals surface area contributed by atoms with Crippen LogP contribution in [0.15, 0.2) is 48.5 Å². The Morgan fingerprint density at radius 1 is 1.28 bits per heavy atom. The molecule has 0 aliphatic carbocycles. The molecule has 1 saturated heterocycles. The molecule has 1 fully saturated rings. The molecular weight excluding hydrogens is 357 g/mol. The Morgan fingerprint density at radius 2 is 2.04 bits per heavy atom. The third-order valence-corrected chi connectivity index (χ3v) is 4.40. The Labute approximate surface area is 160 Å². The lowest BCUT2D eigenvalue weighted by Gasteiger charge is -2.31. The number of hydrogen-bond donors (Lipinski definition) is 2. The van der Waals surface area contributed by atoms with Crippen LogP contribution in [-0.2, 0) is 6.54 Å². The van der Waals surface area contributed by atoms with Crippen molar-refractivity contribution in [2.24, 2.45) is 0 Å². The molecule has 0 bridgehead atoms. The van der Waals surface area contributed by atoms with Gasteiger partial charge < -0.3 is 10.6 Å². The maximum absolute atomic E-state index is 12.3. The number of amides is 1. The van der Waals surface area contributed by atoms with Gasteiger partial charge in [0.15, 0.2) is 0 Å². The summed E-state index contributed by atoms with van der Waals surface area (Å²) in [6.45, 7) is 6.22. The van der Waals surface area contributed by atoms with Gasteiger partial charge in [0.2, 0.25) is 0 Å². The first-order chi connectivity index (χ1) is 11.6. The van der Waals surface area contributed by atoms with Gasteiger partial charge in [-0.2, -0.15) is 0 Å². The number of rotatable bonds is 4. The molecule has 1 amide bonds. The van der Waals surface area contributed by atoms with Crippen LogP contribution in [-0.4, -0.2) is 36.5 Å². The molecule has 1 aliphatic heterocycles. The molecule has 2 N–H and O–H groups in total. The number of carbonyl (C=O) groups is 1. The Bertz CT molecular complexity index is 706. The van der Waals surface area contributed by atoms with Gasteiger partial charge in [-0.05, 0) is 48.9 Å². The second kappa shape index (κ2) is 9.20. The number of carbonyl (C=O) groups excluding carboxylic acids is 1.